The first kappa shape index (κ1) is 9.96. The number of methoxy groups -OCH3 is 2. The highest BCUT2D eigenvalue weighted by atomic mass is 16.5. The SMILES string of the molecule is COc1cc(OC)c2ccn3c(=O)ccc1c23. The Bertz CT molecular complexity index is 745. The monoisotopic (exact) mass is 229 g/mol. The van der Waals surface area contributed by atoms with Crippen molar-refractivity contribution >= 4 is 16.3 Å². The molecular formula is C13H11NO3. The van der Waals surface area contributed by atoms with Gasteiger partial charge in [0.1, 0.15) is 11.5 Å². The Morgan fingerprint density at radius 1 is 1.00 bits per heavy atom. The van der Waals surface area contributed by atoms with Crippen LogP contribution in [0.25, 0.3) is 16.3 Å². The van der Waals surface area contributed by atoms with E-state index in [9.17, 15) is 4.79 Å². The minimum absolute atomic E-state index is 0.0530. The molecule has 0 saturated carbocycles. The van der Waals surface area contributed by atoms with Gasteiger partial charge in [-0.05, 0) is 12.1 Å². The molecule has 0 saturated heterocycles. The molecule has 0 aliphatic rings. The lowest BCUT2D eigenvalue weighted by Crippen LogP contribution is -2.09. The summed E-state index contributed by atoms with van der Waals surface area (Å²) >= 11 is 0. The lowest BCUT2D eigenvalue weighted by atomic mass is 10.1. The summed E-state index contributed by atoms with van der Waals surface area (Å²) in [4.78, 5) is 11.7. The van der Waals surface area contributed by atoms with Crippen LogP contribution in [0.5, 0.6) is 11.5 Å². The molecule has 4 nitrogen and oxygen atoms in total. The van der Waals surface area contributed by atoms with E-state index in [0.717, 1.165) is 16.3 Å². The molecule has 0 bridgehead atoms. The van der Waals surface area contributed by atoms with E-state index in [1.54, 1.807) is 30.9 Å². The Labute approximate surface area is 97.3 Å². The lowest BCUT2D eigenvalue weighted by Gasteiger charge is -2.09. The zero-order chi connectivity index (χ0) is 12.0. The number of benzene rings is 1. The Morgan fingerprint density at radius 3 is 2.29 bits per heavy atom. The predicted octanol–water partition coefficient (Wildman–Crippen LogP) is 1.91. The fraction of sp³-hybridized carbons (Fsp3) is 0.154. The molecule has 3 rings (SSSR count). The van der Waals surface area contributed by atoms with Crippen LogP contribution >= 0.6 is 0 Å². The van der Waals surface area contributed by atoms with Crippen LogP contribution in [0.4, 0.5) is 0 Å². The van der Waals surface area contributed by atoms with Gasteiger partial charge in [0, 0.05) is 29.1 Å². The quantitative estimate of drug-likeness (QED) is 0.674. The summed E-state index contributed by atoms with van der Waals surface area (Å²) in [6.45, 7) is 0. The highest BCUT2D eigenvalue weighted by Gasteiger charge is 2.14. The Balaban J connectivity index is 2.61. The van der Waals surface area contributed by atoms with E-state index in [4.69, 9.17) is 9.47 Å². The van der Waals surface area contributed by atoms with Crippen molar-refractivity contribution in [2.24, 2.45) is 0 Å². The van der Waals surface area contributed by atoms with Gasteiger partial charge in [-0.25, -0.2) is 0 Å². The van der Waals surface area contributed by atoms with Crippen LogP contribution < -0.4 is 15.0 Å². The van der Waals surface area contributed by atoms with Crippen molar-refractivity contribution in [3.8, 4) is 11.5 Å². The zero-order valence-electron chi connectivity index (χ0n) is 9.56. The normalized spacial score (nSPS) is 11.2. The lowest BCUT2D eigenvalue weighted by molar-refractivity contribution is 0.400. The summed E-state index contributed by atoms with van der Waals surface area (Å²) in [5, 5.41) is 1.83. The van der Waals surface area contributed by atoms with Gasteiger partial charge in [-0.2, -0.15) is 0 Å². The van der Waals surface area contributed by atoms with Gasteiger partial charge in [0.2, 0.25) is 0 Å². The highest BCUT2D eigenvalue weighted by molar-refractivity contribution is 6.03. The van der Waals surface area contributed by atoms with Crippen LogP contribution in [0.15, 0.2) is 35.3 Å². The molecule has 2 aromatic heterocycles. The molecule has 0 radical (unpaired) electrons. The van der Waals surface area contributed by atoms with E-state index < -0.39 is 0 Å². The molecule has 0 atom stereocenters. The van der Waals surface area contributed by atoms with E-state index in [2.05, 4.69) is 0 Å². The average molecular weight is 229 g/mol. The van der Waals surface area contributed by atoms with E-state index in [-0.39, 0.29) is 5.56 Å². The Morgan fingerprint density at radius 2 is 1.65 bits per heavy atom. The molecule has 2 heterocycles. The maximum atomic E-state index is 11.7. The standard InChI is InChI=1S/C13H11NO3/c1-16-10-7-11(17-2)9-5-6-14-12(15)4-3-8(10)13(9)14/h3-7H,1-2H3. The number of hydrogen-bond acceptors (Lipinski definition) is 3. The number of hydrogen-bond donors (Lipinski definition) is 0. The summed E-state index contributed by atoms with van der Waals surface area (Å²) in [5.74, 6) is 1.42. The van der Waals surface area contributed by atoms with E-state index >= 15 is 0 Å². The first-order valence-corrected chi connectivity index (χ1v) is 5.24. The molecule has 4 heteroatoms. The van der Waals surface area contributed by atoms with Crippen molar-refractivity contribution in [3.05, 3.63) is 40.8 Å². The number of nitrogens with zero attached hydrogens (tertiary/aromatic N) is 1. The van der Waals surface area contributed by atoms with Gasteiger partial charge in [-0.15, -0.1) is 0 Å². The number of ether oxygens (including phenoxy) is 2. The van der Waals surface area contributed by atoms with Gasteiger partial charge < -0.3 is 9.47 Å². The fourth-order valence-electron chi connectivity index (χ4n) is 2.21. The van der Waals surface area contributed by atoms with E-state index in [1.807, 2.05) is 12.1 Å². The second-order valence-corrected chi connectivity index (χ2v) is 3.81. The first-order valence-electron chi connectivity index (χ1n) is 5.24. The smallest absolute Gasteiger partial charge is 0.255 e. The second kappa shape index (κ2) is 3.38. The topological polar surface area (TPSA) is 39.9 Å². The minimum Gasteiger partial charge on any atom is -0.496 e. The third kappa shape index (κ3) is 1.21. The second-order valence-electron chi connectivity index (χ2n) is 3.81. The van der Waals surface area contributed by atoms with Crippen LogP contribution in [-0.2, 0) is 0 Å². The largest absolute Gasteiger partial charge is 0.496 e. The maximum absolute atomic E-state index is 11.7. The number of pyridine rings is 1. The molecule has 0 amide bonds. The van der Waals surface area contributed by atoms with Crippen LogP contribution in [0.1, 0.15) is 0 Å². The van der Waals surface area contributed by atoms with Crippen molar-refractivity contribution in [1.29, 1.82) is 0 Å². The average Bonchev–Trinajstić information content (AvgIpc) is 2.79. The fourth-order valence-corrected chi connectivity index (χ4v) is 2.21. The molecule has 3 aromatic rings. The molecule has 0 N–H and O–H groups in total. The number of aromatic nitrogens is 1. The van der Waals surface area contributed by atoms with Gasteiger partial charge in [-0.1, -0.05) is 0 Å². The summed E-state index contributed by atoms with van der Waals surface area (Å²) < 4.78 is 12.2. The first-order chi connectivity index (χ1) is 8.26. The van der Waals surface area contributed by atoms with Gasteiger partial charge >= 0.3 is 0 Å². The molecule has 0 aliphatic carbocycles. The van der Waals surface area contributed by atoms with Crippen LogP contribution in [0.3, 0.4) is 0 Å². The van der Waals surface area contributed by atoms with Gasteiger partial charge in [0.05, 0.1) is 19.7 Å². The molecular weight excluding hydrogens is 218 g/mol. The molecule has 0 fully saturated rings. The molecule has 0 spiro atoms. The van der Waals surface area contributed by atoms with Crippen LogP contribution in [-0.4, -0.2) is 18.6 Å². The van der Waals surface area contributed by atoms with E-state index in [1.165, 1.54) is 6.07 Å². The van der Waals surface area contributed by atoms with Crippen molar-refractivity contribution in [1.82, 2.24) is 4.40 Å². The van der Waals surface area contributed by atoms with Gasteiger partial charge in [0.15, 0.2) is 0 Å². The van der Waals surface area contributed by atoms with E-state index in [0.29, 0.717) is 11.5 Å². The van der Waals surface area contributed by atoms with Gasteiger partial charge in [0.25, 0.3) is 5.56 Å². The third-order valence-electron chi connectivity index (χ3n) is 3.00. The van der Waals surface area contributed by atoms with Crippen molar-refractivity contribution in [2.75, 3.05) is 14.2 Å². The maximum Gasteiger partial charge on any atom is 0.255 e. The zero-order valence-corrected chi connectivity index (χ0v) is 9.56. The van der Waals surface area contributed by atoms with Crippen molar-refractivity contribution in [2.45, 2.75) is 0 Å². The molecule has 0 aliphatic heterocycles. The Kier molecular flexibility index (Phi) is 1.98. The van der Waals surface area contributed by atoms with Crippen LogP contribution in [0, 0.1) is 0 Å². The van der Waals surface area contributed by atoms with Crippen molar-refractivity contribution < 1.29 is 9.47 Å². The predicted molar refractivity (Wildman–Crippen MR) is 65.5 cm³/mol. The molecule has 17 heavy (non-hydrogen) atoms. The Hall–Kier alpha value is -2.23. The number of rotatable bonds is 2. The third-order valence-corrected chi connectivity index (χ3v) is 3.00. The van der Waals surface area contributed by atoms with Crippen molar-refractivity contribution in [3.63, 3.8) is 0 Å². The summed E-state index contributed by atoms with van der Waals surface area (Å²) in [6, 6.07) is 7.03. The summed E-state index contributed by atoms with van der Waals surface area (Å²) in [6.07, 6.45) is 1.75. The molecule has 0 unspecified atom stereocenters. The summed E-state index contributed by atoms with van der Waals surface area (Å²) in [7, 11) is 3.21. The molecule has 1 aromatic carbocycles. The highest BCUT2D eigenvalue weighted by Crippen LogP contribution is 2.36. The van der Waals surface area contributed by atoms with Crippen LogP contribution in [0.2, 0.25) is 0 Å². The van der Waals surface area contributed by atoms with Gasteiger partial charge in [-0.3, -0.25) is 9.20 Å². The minimum atomic E-state index is -0.0530. The molecule has 86 valence electrons. The summed E-state index contributed by atoms with van der Waals surface area (Å²) in [5.41, 5.74) is 0.788.